The topological polar surface area (TPSA) is 40.8 Å². The van der Waals surface area contributed by atoms with Crippen molar-refractivity contribution < 1.29 is 5.11 Å². The lowest BCUT2D eigenvalue weighted by molar-refractivity contribution is 0.0786. The number of hydrogen-bond donors (Lipinski definition) is 1. The molecule has 2 aromatic heterocycles. The standard InChI is InChI=1S/C11H14ClN3OS/c12-10-9(15-5-6-17-11(15)13-10)7-14-3-1-8(16)2-4-14/h5-6,8,16H,1-4,7H2. The van der Waals surface area contributed by atoms with E-state index >= 15 is 0 Å². The number of thiazole rings is 1. The second kappa shape index (κ2) is 4.57. The number of hydrogen-bond acceptors (Lipinski definition) is 4. The van der Waals surface area contributed by atoms with Gasteiger partial charge in [-0.05, 0) is 12.8 Å². The summed E-state index contributed by atoms with van der Waals surface area (Å²) >= 11 is 7.75. The van der Waals surface area contributed by atoms with Gasteiger partial charge >= 0.3 is 0 Å². The predicted molar refractivity (Wildman–Crippen MR) is 68.6 cm³/mol. The summed E-state index contributed by atoms with van der Waals surface area (Å²) in [6, 6.07) is 0. The molecule has 6 heteroatoms. The van der Waals surface area contributed by atoms with Gasteiger partial charge in [-0.2, -0.15) is 0 Å². The molecule has 0 unspecified atom stereocenters. The maximum Gasteiger partial charge on any atom is 0.195 e. The first kappa shape index (κ1) is 11.5. The Labute approximate surface area is 108 Å². The Morgan fingerprint density at radius 3 is 3.00 bits per heavy atom. The van der Waals surface area contributed by atoms with Crippen molar-refractivity contribution in [1.29, 1.82) is 0 Å². The molecular formula is C11H14ClN3OS. The van der Waals surface area contributed by atoms with E-state index in [1.807, 2.05) is 11.6 Å². The average molecular weight is 272 g/mol. The molecule has 0 saturated carbocycles. The van der Waals surface area contributed by atoms with Gasteiger partial charge in [-0.25, -0.2) is 4.98 Å². The molecule has 0 aliphatic carbocycles. The summed E-state index contributed by atoms with van der Waals surface area (Å²) in [7, 11) is 0. The van der Waals surface area contributed by atoms with Gasteiger partial charge < -0.3 is 5.11 Å². The number of rotatable bonds is 2. The molecule has 3 rings (SSSR count). The van der Waals surface area contributed by atoms with Gasteiger partial charge in [0.25, 0.3) is 0 Å². The van der Waals surface area contributed by atoms with Crippen molar-refractivity contribution >= 4 is 27.9 Å². The van der Waals surface area contributed by atoms with Crippen LogP contribution in [0.25, 0.3) is 4.96 Å². The third kappa shape index (κ3) is 2.20. The quantitative estimate of drug-likeness (QED) is 0.908. The Balaban J connectivity index is 1.80. The van der Waals surface area contributed by atoms with Gasteiger partial charge in [0.15, 0.2) is 10.1 Å². The lowest BCUT2D eigenvalue weighted by Gasteiger charge is -2.29. The van der Waals surface area contributed by atoms with Gasteiger partial charge in [0.2, 0.25) is 0 Å². The van der Waals surface area contributed by atoms with E-state index < -0.39 is 0 Å². The van der Waals surface area contributed by atoms with E-state index in [4.69, 9.17) is 11.6 Å². The van der Waals surface area contributed by atoms with E-state index in [0.717, 1.165) is 43.1 Å². The monoisotopic (exact) mass is 271 g/mol. The lowest BCUT2D eigenvalue weighted by Crippen LogP contribution is -2.35. The minimum Gasteiger partial charge on any atom is -0.393 e. The van der Waals surface area contributed by atoms with Crippen molar-refractivity contribution in [2.45, 2.75) is 25.5 Å². The highest BCUT2D eigenvalue weighted by molar-refractivity contribution is 7.15. The molecule has 17 heavy (non-hydrogen) atoms. The van der Waals surface area contributed by atoms with Gasteiger partial charge in [-0.3, -0.25) is 9.30 Å². The fourth-order valence-corrected chi connectivity index (χ4v) is 3.25. The second-order valence-corrected chi connectivity index (χ2v) is 5.64. The first-order chi connectivity index (χ1) is 8.24. The van der Waals surface area contributed by atoms with Gasteiger partial charge in [-0.15, -0.1) is 11.3 Å². The Kier molecular flexibility index (Phi) is 3.08. The molecule has 1 fully saturated rings. The van der Waals surface area contributed by atoms with Gasteiger partial charge in [-0.1, -0.05) is 11.6 Å². The Morgan fingerprint density at radius 1 is 1.47 bits per heavy atom. The van der Waals surface area contributed by atoms with Crippen molar-refractivity contribution in [3.8, 4) is 0 Å². The molecular weight excluding hydrogens is 258 g/mol. The van der Waals surface area contributed by atoms with E-state index in [1.165, 1.54) is 0 Å². The van der Waals surface area contributed by atoms with Crippen molar-refractivity contribution in [3.63, 3.8) is 0 Å². The van der Waals surface area contributed by atoms with Crippen molar-refractivity contribution in [2.24, 2.45) is 0 Å². The number of aliphatic hydroxyl groups is 1. The average Bonchev–Trinajstić information content (AvgIpc) is 2.85. The molecule has 92 valence electrons. The van der Waals surface area contributed by atoms with Crippen molar-refractivity contribution in [1.82, 2.24) is 14.3 Å². The van der Waals surface area contributed by atoms with Crippen LogP contribution in [0, 0.1) is 0 Å². The molecule has 1 saturated heterocycles. The molecule has 0 radical (unpaired) electrons. The highest BCUT2D eigenvalue weighted by atomic mass is 35.5. The van der Waals surface area contributed by atoms with Gasteiger partial charge in [0, 0.05) is 31.2 Å². The predicted octanol–water partition coefficient (Wildman–Crippen LogP) is 2.01. The normalized spacial score (nSPS) is 19.2. The lowest BCUT2D eigenvalue weighted by atomic mass is 10.1. The third-order valence-corrected chi connectivity index (χ3v) is 4.30. The van der Waals surface area contributed by atoms with Crippen LogP contribution in [0.3, 0.4) is 0 Å². The number of nitrogens with zero attached hydrogens (tertiary/aromatic N) is 3. The molecule has 0 amide bonds. The number of aromatic nitrogens is 2. The van der Waals surface area contributed by atoms with E-state index in [1.54, 1.807) is 11.3 Å². The van der Waals surface area contributed by atoms with E-state index in [9.17, 15) is 5.11 Å². The van der Waals surface area contributed by atoms with Crippen molar-refractivity contribution in [3.05, 3.63) is 22.4 Å². The first-order valence-corrected chi connectivity index (χ1v) is 7.00. The number of halogens is 1. The van der Waals surface area contributed by atoms with Crippen LogP contribution < -0.4 is 0 Å². The molecule has 4 nitrogen and oxygen atoms in total. The minimum absolute atomic E-state index is 0.131. The maximum atomic E-state index is 9.48. The summed E-state index contributed by atoms with van der Waals surface area (Å²) in [4.78, 5) is 7.59. The molecule has 1 aliphatic heterocycles. The van der Waals surface area contributed by atoms with Crippen LogP contribution >= 0.6 is 22.9 Å². The second-order valence-electron chi connectivity index (χ2n) is 4.41. The largest absolute Gasteiger partial charge is 0.393 e. The zero-order chi connectivity index (χ0) is 11.8. The molecule has 3 heterocycles. The number of fused-ring (bicyclic) bond motifs is 1. The smallest absolute Gasteiger partial charge is 0.195 e. The molecule has 0 bridgehead atoms. The van der Waals surface area contributed by atoms with Crippen molar-refractivity contribution in [2.75, 3.05) is 13.1 Å². The molecule has 1 N–H and O–H groups in total. The van der Waals surface area contributed by atoms with Crippen LogP contribution in [-0.2, 0) is 6.54 Å². The highest BCUT2D eigenvalue weighted by Crippen LogP contribution is 2.23. The summed E-state index contributed by atoms with van der Waals surface area (Å²) in [5.41, 5.74) is 1.05. The Hall–Kier alpha value is -0.620. The fraction of sp³-hybridized carbons (Fsp3) is 0.545. The van der Waals surface area contributed by atoms with Gasteiger partial charge in [0.05, 0.1) is 11.8 Å². The number of piperidine rings is 1. The molecule has 0 spiro atoms. The van der Waals surface area contributed by atoms with Crippen LogP contribution in [0.1, 0.15) is 18.5 Å². The fourth-order valence-electron chi connectivity index (χ4n) is 2.24. The summed E-state index contributed by atoms with van der Waals surface area (Å²) < 4.78 is 2.05. The molecule has 2 aromatic rings. The van der Waals surface area contributed by atoms with Crippen LogP contribution in [0.5, 0.6) is 0 Å². The van der Waals surface area contributed by atoms with Crippen LogP contribution in [0.4, 0.5) is 0 Å². The Morgan fingerprint density at radius 2 is 2.24 bits per heavy atom. The zero-order valence-electron chi connectivity index (χ0n) is 9.34. The minimum atomic E-state index is -0.131. The highest BCUT2D eigenvalue weighted by Gasteiger charge is 2.20. The first-order valence-electron chi connectivity index (χ1n) is 5.74. The zero-order valence-corrected chi connectivity index (χ0v) is 10.9. The van der Waals surface area contributed by atoms with Crippen LogP contribution in [0.2, 0.25) is 5.15 Å². The van der Waals surface area contributed by atoms with Crippen LogP contribution in [0.15, 0.2) is 11.6 Å². The number of likely N-dealkylation sites (tertiary alicyclic amines) is 1. The molecule has 1 aliphatic rings. The van der Waals surface area contributed by atoms with Crippen LogP contribution in [-0.4, -0.2) is 38.6 Å². The molecule has 0 aromatic carbocycles. The summed E-state index contributed by atoms with van der Waals surface area (Å²) in [5.74, 6) is 0. The molecule has 0 atom stereocenters. The van der Waals surface area contributed by atoms with E-state index in [-0.39, 0.29) is 6.10 Å². The summed E-state index contributed by atoms with van der Waals surface area (Å²) in [5, 5.41) is 12.1. The number of aliphatic hydroxyl groups excluding tert-OH is 1. The summed E-state index contributed by atoms with van der Waals surface area (Å²) in [6.45, 7) is 2.66. The van der Waals surface area contributed by atoms with E-state index in [0.29, 0.717) is 5.15 Å². The SMILES string of the molecule is OC1CCN(Cc2c(Cl)nc3sccn23)CC1. The maximum absolute atomic E-state index is 9.48. The van der Waals surface area contributed by atoms with E-state index in [2.05, 4.69) is 14.3 Å². The number of imidazole rings is 1. The van der Waals surface area contributed by atoms with Gasteiger partial charge in [0.1, 0.15) is 0 Å². The summed E-state index contributed by atoms with van der Waals surface area (Å²) in [6.07, 6.45) is 3.58. The third-order valence-electron chi connectivity index (χ3n) is 3.24. The Bertz CT molecular complexity index is 516.